The van der Waals surface area contributed by atoms with Crippen molar-refractivity contribution in [2.75, 3.05) is 18.8 Å². The summed E-state index contributed by atoms with van der Waals surface area (Å²) in [6, 6.07) is 0. The van der Waals surface area contributed by atoms with Gasteiger partial charge in [0.1, 0.15) is 0 Å². The minimum absolute atomic E-state index is 0.541. The number of nitrogens with zero attached hydrogens (tertiary/aromatic N) is 2. The summed E-state index contributed by atoms with van der Waals surface area (Å²) in [4.78, 5) is 0. The monoisotopic (exact) mass is 229 g/mol. The lowest BCUT2D eigenvalue weighted by molar-refractivity contribution is 0.0337. The Hall–Kier alpha value is -0.590. The first-order valence-corrected chi connectivity index (χ1v) is 6.03. The van der Waals surface area contributed by atoms with Crippen LogP contribution in [-0.2, 0) is 0 Å². The highest BCUT2D eigenvalue weighted by Crippen LogP contribution is 2.27. The summed E-state index contributed by atoms with van der Waals surface area (Å²) in [6.07, 6.45) is 1.57. The lowest BCUT2D eigenvalue weighted by Gasteiger charge is -2.31. The predicted molar refractivity (Wildman–Crippen MR) is 56.8 cm³/mol. The van der Waals surface area contributed by atoms with E-state index in [4.69, 9.17) is 4.42 Å². The molecule has 0 atom stereocenters. The summed E-state index contributed by atoms with van der Waals surface area (Å²) in [5.74, 6) is 1.19. The van der Waals surface area contributed by atoms with Crippen molar-refractivity contribution < 1.29 is 9.52 Å². The van der Waals surface area contributed by atoms with E-state index in [1.807, 2.05) is 0 Å². The van der Waals surface area contributed by atoms with E-state index >= 15 is 0 Å². The molecule has 0 amide bonds. The van der Waals surface area contributed by atoms with E-state index in [0.717, 1.165) is 25.9 Å². The van der Waals surface area contributed by atoms with Crippen LogP contribution < -0.4 is 5.32 Å². The van der Waals surface area contributed by atoms with Crippen LogP contribution in [0.4, 0.5) is 0 Å². The maximum atomic E-state index is 10.2. The Labute approximate surface area is 92.6 Å². The van der Waals surface area contributed by atoms with Gasteiger partial charge in [0, 0.05) is 12.7 Å². The van der Waals surface area contributed by atoms with Gasteiger partial charge in [-0.1, -0.05) is 11.8 Å². The van der Waals surface area contributed by atoms with Gasteiger partial charge in [0.05, 0.1) is 5.60 Å². The molecule has 2 heterocycles. The Balaban J connectivity index is 1.86. The minimum Gasteiger partial charge on any atom is -0.416 e. The topological polar surface area (TPSA) is 71.2 Å². The standard InChI is InChI=1S/C9H15N3O2S/c1-7-11-12-8(14-7)15-6-9(13)2-4-10-5-3-9/h10,13H,2-6H2,1H3. The molecule has 1 saturated heterocycles. The van der Waals surface area contributed by atoms with Crippen LogP contribution >= 0.6 is 11.8 Å². The molecule has 6 heteroatoms. The Morgan fingerprint density at radius 3 is 2.80 bits per heavy atom. The summed E-state index contributed by atoms with van der Waals surface area (Å²) >= 11 is 1.43. The molecule has 84 valence electrons. The molecule has 0 aliphatic carbocycles. The second kappa shape index (κ2) is 4.51. The molecule has 5 nitrogen and oxygen atoms in total. The summed E-state index contributed by atoms with van der Waals surface area (Å²) in [6.45, 7) is 3.51. The number of aliphatic hydroxyl groups is 1. The summed E-state index contributed by atoms with van der Waals surface area (Å²) in [7, 11) is 0. The van der Waals surface area contributed by atoms with Crippen molar-refractivity contribution in [2.24, 2.45) is 0 Å². The first-order valence-electron chi connectivity index (χ1n) is 5.04. The number of aryl methyl sites for hydroxylation is 1. The second-order valence-electron chi connectivity index (χ2n) is 3.85. The summed E-state index contributed by atoms with van der Waals surface area (Å²) in [5, 5.41) is 21.6. The third-order valence-electron chi connectivity index (χ3n) is 2.51. The number of aromatic nitrogens is 2. The van der Waals surface area contributed by atoms with Gasteiger partial charge in [0.25, 0.3) is 5.22 Å². The first kappa shape index (κ1) is 10.9. The molecular formula is C9H15N3O2S. The Kier molecular flexibility index (Phi) is 3.28. The number of thioether (sulfide) groups is 1. The third-order valence-corrected chi connectivity index (χ3v) is 3.60. The van der Waals surface area contributed by atoms with E-state index in [1.54, 1.807) is 6.92 Å². The number of piperidine rings is 1. The van der Waals surface area contributed by atoms with Gasteiger partial charge in [-0.15, -0.1) is 10.2 Å². The molecule has 1 aliphatic heterocycles. The average Bonchev–Trinajstić information content (AvgIpc) is 2.63. The van der Waals surface area contributed by atoms with Gasteiger partial charge in [-0.25, -0.2) is 0 Å². The molecule has 1 aromatic rings. The van der Waals surface area contributed by atoms with Crippen molar-refractivity contribution in [1.82, 2.24) is 15.5 Å². The van der Waals surface area contributed by atoms with E-state index in [0.29, 0.717) is 16.9 Å². The van der Waals surface area contributed by atoms with Crippen molar-refractivity contribution >= 4 is 11.8 Å². The molecule has 0 spiro atoms. The highest BCUT2D eigenvalue weighted by atomic mass is 32.2. The van der Waals surface area contributed by atoms with Crippen LogP contribution in [0.15, 0.2) is 9.64 Å². The Bertz CT molecular complexity index is 323. The van der Waals surface area contributed by atoms with Crippen LogP contribution in [0.3, 0.4) is 0 Å². The minimum atomic E-state index is -0.585. The maximum Gasteiger partial charge on any atom is 0.276 e. The lowest BCUT2D eigenvalue weighted by Crippen LogP contribution is -2.43. The van der Waals surface area contributed by atoms with Crippen molar-refractivity contribution in [3.63, 3.8) is 0 Å². The largest absolute Gasteiger partial charge is 0.416 e. The first-order chi connectivity index (χ1) is 7.18. The molecule has 0 radical (unpaired) electrons. The van der Waals surface area contributed by atoms with E-state index in [2.05, 4.69) is 15.5 Å². The molecule has 2 N–H and O–H groups in total. The number of hydrogen-bond acceptors (Lipinski definition) is 6. The lowest BCUT2D eigenvalue weighted by atomic mass is 9.95. The highest BCUT2D eigenvalue weighted by molar-refractivity contribution is 7.99. The zero-order valence-corrected chi connectivity index (χ0v) is 9.51. The van der Waals surface area contributed by atoms with E-state index in [9.17, 15) is 5.11 Å². The molecule has 1 aliphatic rings. The van der Waals surface area contributed by atoms with Crippen molar-refractivity contribution in [2.45, 2.75) is 30.6 Å². The molecule has 0 saturated carbocycles. The Morgan fingerprint density at radius 2 is 2.20 bits per heavy atom. The fourth-order valence-corrected chi connectivity index (χ4v) is 2.53. The maximum absolute atomic E-state index is 10.2. The summed E-state index contributed by atoms with van der Waals surface area (Å²) < 4.78 is 5.23. The molecule has 0 aromatic carbocycles. The van der Waals surface area contributed by atoms with Gasteiger partial charge in [-0.2, -0.15) is 0 Å². The highest BCUT2D eigenvalue weighted by Gasteiger charge is 2.29. The molecule has 0 unspecified atom stereocenters. The number of rotatable bonds is 3. The van der Waals surface area contributed by atoms with Gasteiger partial charge in [-0.05, 0) is 25.9 Å². The fourth-order valence-electron chi connectivity index (χ4n) is 1.57. The average molecular weight is 229 g/mol. The molecule has 1 fully saturated rings. The number of hydrogen-bond donors (Lipinski definition) is 2. The van der Waals surface area contributed by atoms with Gasteiger partial charge >= 0.3 is 0 Å². The van der Waals surface area contributed by atoms with E-state index < -0.39 is 5.60 Å². The molecule has 2 rings (SSSR count). The zero-order valence-electron chi connectivity index (χ0n) is 8.69. The molecule has 0 bridgehead atoms. The number of nitrogens with one attached hydrogen (secondary N) is 1. The van der Waals surface area contributed by atoms with Gasteiger partial charge < -0.3 is 14.8 Å². The normalized spacial score (nSPS) is 20.4. The van der Waals surface area contributed by atoms with Gasteiger partial charge in [-0.3, -0.25) is 0 Å². The third kappa shape index (κ3) is 2.93. The van der Waals surface area contributed by atoms with Gasteiger partial charge in [0.15, 0.2) is 0 Å². The van der Waals surface area contributed by atoms with Crippen molar-refractivity contribution in [3.05, 3.63) is 5.89 Å². The quantitative estimate of drug-likeness (QED) is 0.739. The van der Waals surface area contributed by atoms with Crippen LogP contribution in [0, 0.1) is 6.92 Å². The second-order valence-corrected chi connectivity index (χ2v) is 4.78. The van der Waals surface area contributed by atoms with Crippen LogP contribution in [-0.4, -0.2) is 39.7 Å². The molecule has 15 heavy (non-hydrogen) atoms. The van der Waals surface area contributed by atoms with E-state index in [1.165, 1.54) is 11.8 Å². The predicted octanol–water partition coefficient (Wildman–Crippen LogP) is 0.585. The van der Waals surface area contributed by atoms with Crippen LogP contribution in [0.5, 0.6) is 0 Å². The van der Waals surface area contributed by atoms with Crippen LogP contribution in [0.1, 0.15) is 18.7 Å². The van der Waals surface area contributed by atoms with Crippen molar-refractivity contribution in [3.8, 4) is 0 Å². The molecule has 1 aromatic heterocycles. The SMILES string of the molecule is Cc1nnc(SCC2(O)CCNCC2)o1. The molecular weight excluding hydrogens is 214 g/mol. The Morgan fingerprint density at radius 1 is 1.47 bits per heavy atom. The van der Waals surface area contributed by atoms with Crippen molar-refractivity contribution in [1.29, 1.82) is 0 Å². The van der Waals surface area contributed by atoms with E-state index in [-0.39, 0.29) is 0 Å². The van der Waals surface area contributed by atoms with Crippen LogP contribution in [0.25, 0.3) is 0 Å². The summed E-state index contributed by atoms with van der Waals surface area (Å²) in [5.41, 5.74) is -0.585. The zero-order chi connectivity index (χ0) is 10.7. The smallest absolute Gasteiger partial charge is 0.276 e. The van der Waals surface area contributed by atoms with Gasteiger partial charge in [0.2, 0.25) is 5.89 Å². The fraction of sp³-hybridized carbons (Fsp3) is 0.778. The van der Waals surface area contributed by atoms with Crippen LogP contribution in [0.2, 0.25) is 0 Å².